The molecule has 0 radical (unpaired) electrons. The van der Waals surface area contributed by atoms with Crippen LogP contribution >= 0.6 is 0 Å². The van der Waals surface area contributed by atoms with Gasteiger partial charge in [0.2, 0.25) is 0 Å². The summed E-state index contributed by atoms with van der Waals surface area (Å²) >= 11 is 0. The van der Waals surface area contributed by atoms with Gasteiger partial charge in [0.05, 0.1) is 6.61 Å². The summed E-state index contributed by atoms with van der Waals surface area (Å²) in [5.41, 5.74) is 0.00363. The highest BCUT2D eigenvalue weighted by molar-refractivity contribution is 5.74. The van der Waals surface area contributed by atoms with Crippen LogP contribution in [0, 0.1) is 17.3 Å². The second-order valence-corrected chi connectivity index (χ2v) is 6.89. The van der Waals surface area contributed by atoms with E-state index in [1.54, 1.807) is 0 Å². The molecule has 3 fully saturated rings. The molecule has 0 spiro atoms. The van der Waals surface area contributed by atoms with Crippen molar-refractivity contribution >= 4 is 6.03 Å². The highest BCUT2D eigenvalue weighted by Crippen LogP contribution is 2.45. The Morgan fingerprint density at radius 1 is 1.21 bits per heavy atom. The summed E-state index contributed by atoms with van der Waals surface area (Å²) in [6.45, 7) is 0.817. The molecule has 0 aromatic heterocycles. The highest BCUT2D eigenvalue weighted by atomic mass is 16.3. The number of rotatable bonds is 5. The lowest BCUT2D eigenvalue weighted by molar-refractivity contribution is 0.202. The van der Waals surface area contributed by atoms with Crippen LogP contribution in [0.5, 0.6) is 0 Å². The number of carbonyl (C=O) groups excluding carboxylic acids is 1. The van der Waals surface area contributed by atoms with Crippen LogP contribution in [-0.2, 0) is 0 Å². The molecule has 0 saturated heterocycles. The van der Waals surface area contributed by atoms with Crippen LogP contribution in [-0.4, -0.2) is 30.3 Å². The van der Waals surface area contributed by atoms with E-state index >= 15 is 0 Å². The molecule has 2 amide bonds. The van der Waals surface area contributed by atoms with Gasteiger partial charge in [0, 0.05) is 18.0 Å². The third kappa shape index (κ3) is 3.22. The molecule has 0 heterocycles. The number of aliphatic hydroxyl groups is 1. The van der Waals surface area contributed by atoms with Gasteiger partial charge in [-0.2, -0.15) is 0 Å². The minimum absolute atomic E-state index is 0.00363. The molecule has 0 bridgehead atoms. The molecule has 2 atom stereocenters. The first kappa shape index (κ1) is 13.2. The maximum atomic E-state index is 11.8. The fourth-order valence-electron chi connectivity index (χ4n) is 3.52. The smallest absolute Gasteiger partial charge is 0.315 e. The number of hydrogen-bond acceptors (Lipinski definition) is 2. The number of amides is 2. The molecule has 0 aromatic carbocycles. The van der Waals surface area contributed by atoms with Crippen molar-refractivity contribution in [3.8, 4) is 0 Å². The predicted molar refractivity (Wildman–Crippen MR) is 73.8 cm³/mol. The lowest BCUT2D eigenvalue weighted by atomic mass is 9.85. The first-order valence-electron chi connectivity index (χ1n) is 7.88. The molecule has 0 aromatic rings. The predicted octanol–water partition coefficient (Wildman–Crippen LogP) is 2.03. The summed E-state index contributed by atoms with van der Waals surface area (Å²) < 4.78 is 0. The molecule has 3 aliphatic carbocycles. The average Bonchev–Trinajstić information content (AvgIpc) is 3.34. The van der Waals surface area contributed by atoms with Crippen molar-refractivity contribution in [3.63, 3.8) is 0 Å². The first-order valence-corrected chi connectivity index (χ1v) is 7.88. The molecule has 19 heavy (non-hydrogen) atoms. The van der Waals surface area contributed by atoms with E-state index < -0.39 is 0 Å². The van der Waals surface area contributed by atoms with E-state index in [1.165, 1.54) is 38.5 Å². The van der Waals surface area contributed by atoms with Gasteiger partial charge in [0.15, 0.2) is 0 Å². The van der Waals surface area contributed by atoms with Crippen molar-refractivity contribution in [2.45, 2.75) is 57.4 Å². The van der Waals surface area contributed by atoms with E-state index in [-0.39, 0.29) is 18.1 Å². The standard InChI is InChI=1S/C15H26N2O2/c18-10-15(6-7-15)9-16-14(19)17-13-8-12(13)11-4-2-1-3-5-11/h11-13,18H,1-10H2,(H2,16,17,19)/t12-,13+/m0/s1. The minimum atomic E-state index is -0.0389. The normalized spacial score (nSPS) is 32.7. The van der Waals surface area contributed by atoms with Crippen molar-refractivity contribution in [3.05, 3.63) is 0 Å². The van der Waals surface area contributed by atoms with Crippen LogP contribution in [0.1, 0.15) is 51.4 Å². The van der Waals surface area contributed by atoms with Crippen LogP contribution in [0.4, 0.5) is 4.79 Å². The van der Waals surface area contributed by atoms with E-state index in [0.29, 0.717) is 12.6 Å². The SMILES string of the molecule is O=C(NCC1(CO)CC1)N[C@@H]1C[C@H]1C1CCCCC1. The van der Waals surface area contributed by atoms with Gasteiger partial charge in [0.25, 0.3) is 0 Å². The number of nitrogens with one attached hydrogen (secondary N) is 2. The Hall–Kier alpha value is -0.770. The van der Waals surface area contributed by atoms with Gasteiger partial charge in [-0.25, -0.2) is 4.79 Å². The van der Waals surface area contributed by atoms with Crippen molar-refractivity contribution in [2.75, 3.05) is 13.2 Å². The zero-order chi connectivity index (χ0) is 13.3. The van der Waals surface area contributed by atoms with Gasteiger partial charge in [-0.15, -0.1) is 0 Å². The zero-order valence-corrected chi connectivity index (χ0v) is 11.7. The Morgan fingerprint density at radius 3 is 2.58 bits per heavy atom. The third-order valence-corrected chi connectivity index (χ3v) is 5.33. The van der Waals surface area contributed by atoms with E-state index in [9.17, 15) is 9.90 Å². The Labute approximate surface area is 115 Å². The zero-order valence-electron chi connectivity index (χ0n) is 11.7. The number of hydrogen-bond donors (Lipinski definition) is 3. The molecule has 3 rings (SSSR count). The average molecular weight is 266 g/mol. The fraction of sp³-hybridized carbons (Fsp3) is 0.933. The summed E-state index contributed by atoms with van der Waals surface area (Å²) in [6, 6.07) is 0.371. The maximum Gasteiger partial charge on any atom is 0.315 e. The third-order valence-electron chi connectivity index (χ3n) is 5.33. The fourth-order valence-corrected chi connectivity index (χ4v) is 3.52. The maximum absolute atomic E-state index is 11.8. The Morgan fingerprint density at radius 2 is 1.95 bits per heavy atom. The van der Waals surface area contributed by atoms with Gasteiger partial charge in [-0.3, -0.25) is 0 Å². The molecule has 0 unspecified atom stereocenters. The highest BCUT2D eigenvalue weighted by Gasteiger charge is 2.45. The van der Waals surface area contributed by atoms with Gasteiger partial charge in [-0.05, 0) is 31.1 Å². The van der Waals surface area contributed by atoms with Crippen molar-refractivity contribution in [1.29, 1.82) is 0 Å². The Balaban J connectivity index is 1.35. The quantitative estimate of drug-likeness (QED) is 0.713. The van der Waals surface area contributed by atoms with Crippen LogP contribution < -0.4 is 10.6 Å². The topological polar surface area (TPSA) is 61.4 Å². The monoisotopic (exact) mass is 266 g/mol. The molecule has 4 heteroatoms. The van der Waals surface area contributed by atoms with E-state index in [0.717, 1.165) is 24.7 Å². The van der Waals surface area contributed by atoms with Crippen molar-refractivity contribution in [1.82, 2.24) is 10.6 Å². The molecule has 3 saturated carbocycles. The lowest BCUT2D eigenvalue weighted by Gasteiger charge is -2.21. The second kappa shape index (κ2) is 5.31. The van der Waals surface area contributed by atoms with Crippen LogP contribution in [0.3, 0.4) is 0 Å². The number of aliphatic hydroxyl groups excluding tert-OH is 1. The van der Waals surface area contributed by atoms with Crippen LogP contribution in [0.25, 0.3) is 0 Å². The van der Waals surface area contributed by atoms with Gasteiger partial charge in [-0.1, -0.05) is 32.1 Å². The van der Waals surface area contributed by atoms with E-state index in [2.05, 4.69) is 10.6 Å². The minimum Gasteiger partial charge on any atom is -0.396 e. The summed E-state index contributed by atoms with van der Waals surface area (Å²) in [5, 5.41) is 15.2. The molecular formula is C15H26N2O2. The van der Waals surface area contributed by atoms with Crippen LogP contribution in [0.2, 0.25) is 0 Å². The van der Waals surface area contributed by atoms with E-state index in [1.807, 2.05) is 0 Å². The summed E-state index contributed by atoms with van der Waals surface area (Å²) in [4.78, 5) is 11.8. The first-order chi connectivity index (χ1) is 9.22. The van der Waals surface area contributed by atoms with Crippen molar-refractivity contribution < 1.29 is 9.90 Å². The van der Waals surface area contributed by atoms with Crippen LogP contribution in [0.15, 0.2) is 0 Å². The van der Waals surface area contributed by atoms with Gasteiger partial charge in [0.1, 0.15) is 0 Å². The summed E-state index contributed by atoms with van der Waals surface area (Å²) in [6.07, 6.45) is 10.1. The number of carbonyl (C=O) groups is 1. The summed E-state index contributed by atoms with van der Waals surface area (Å²) in [5.74, 6) is 1.59. The van der Waals surface area contributed by atoms with E-state index in [4.69, 9.17) is 0 Å². The van der Waals surface area contributed by atoms with Crippen molar-refractivity contribution in [2.24, 2.45) is 17.3 Å². The largest absolute Gasteiger partial charge is 0.396 e. The lowest BCUT2D eigenvalue weighted by Crippen LogP contribution is -2.41. The second-order valence-electron chi connectivity index (χ2n) is 6.89. The van der Waals surface area contributed by atoms with Gasteiger partial charge < -0.3 is 15.7 Å². The molecule has 0 aliphatic heterocycles. The molecule has 108 valence electrons. The summed E-state index contributed by atoms with van der Waals surface area (Å²) in [7, 11) is 0. The number of urea groups is 1. The molecule has 4 nitrogen and oxygen atoms in total. The molecular weight excluding hydrogens is 240 g/mol. The van der Waals surface area contributed by atoms with Gasteiger partial charge >= 0.3 is 6.03 Å². The Kier molecular flexibility index (Phi) is 3.70. The molecule has 3 aliphatic rings. The molecule has 3 N–H and O–H groups in total. The Bertz CT molecular complexity index is 335.